The normalized spacial score (nSPS) is 17.5. The lowest BCUT2D eigenvalue weighted by Crippen LogP contribution is -2.35. The zero-order chi connectivity index (χ0) is 13.7. The minimum absolute atomic E-state index is 0.0436. The molecular weight excluding hydrogens is 243 g/mol. The lowest BCUT2D eigenvalue weighted by molar-refractivity contribution is 0.0926. The van der Waals surface area contributed by atoms with Crippen LogP contribution in [0, 0.1) is 5.82 Å². The maximum Gasteiger partial charge on any atom is 0.254 e. The molecule has 0 saturated heterocycles. The van der Waals surface area contributed by atoms with Crippen molar-refractivity contribution < 1.29 is 9.18 Å². The monoisotopic (exact) mass is 264 g/mol. The van der Waals surface area contributed by atoms with E-state index in [0.717, 1.165) is 25.7 Å². The van der Waals surface area contributed by atoms with Gasteiger partial charge in [-0.05, 0) is 31.0 Å². The Balaban J connectivity index is 2.00. The van der Waals surface area contributed by atoms with Crippen molar-refractivity contribution in [1.82, 2.24) is 5.32 Å². The van der Waals surface area contributed by atoms with Crippen LogP contribution in [0.25, 0.3) is 0 Å². The van der Waals surface area contributed by atoms with Crippen LogP contribution in [0.5, 0.6) is 0 Å². The summed E-state index contributed by atoms with van der Waals surface area (Å²) in [5.74, 6) is -0.868. The first kappa shape index (κ1) is 13.8. The predicted octanol–water partition coefficient (Wildman–Crippen LogP) is 3.25. The molecule has 0 aromatic heterocycles. The van der Waals surface area contributed by atoms with Gasteiger partial charge in [-0.25, -0.2) is 4.39 Å². The van der Waals surface area contributed by atoms with Gasteiger partial charge in [0.15, 0.2) is 0 Å². The number of hydrogen-bond acceptors (Lipinski definition) is 2. The van der Waals surface area contributed by atoms with E-state index in [1.54, 1.807) is 0 Å². The number of anilines is 1. The molecule has 0 bridgehead atoms. The van der Waals surface area contributed by atoms with Gasteiger partial charge < -0.3 is 11.1 Å². The van der Waals surface area contributed by atoms with Gasteiger partial charge in [0.25, 0.3) is 5.91 Å². The molecule has 1 aromatic rings. The second-order valence-corrected chi connectivity index (χ2v) is 5.25. The molecule has 1 aliphatic carbocycles. The fraction of sp³-hybridized carbons (Fsp3) is 0.533. The standard InChI is InChI=1S/C15H21FN2O/c16-14-9-8-11(17)10-13(14)15(19)18-12-6-4-2-1-3-5-7-12/h8-10,12H,1-7,17H2,(H,18,19). The van der Waals surface area contributed by atoms with E-state index in [4.69, 9.17) is 5.73 Å². The molecule has 1 aliphatic rings. The van der Waals surface area contributed by atoms with E-state index in [1.807, 2.05) is 0 Å². The summed E-state index contributed by atoms with van der Waals surface area (Å²) in [4.78, 5) is 12.1. The maximum atomic E-state index is 13.6. The average molecular weight is 264 g/mol. The fourth-order valence-corrected chi connectivity index (χ4v) is 2.58. The van der Waals surface area contributed by atoms with Crippen LogP contribution in [0.1, 0.15) is 55.3 Å². The lowest BCUT2D eigenvalue weighted by Gasteiger charge is -2.21. The van der Waals surface area contributed by atoms with Crippen molar-refractivity contribution in [3.05, 3.63) is 29.6 Å². The third-order valence-electron chi connectivity index (χ3n) is 3.68. The van der Waals surface area contributed by atoms with Gasteiger partial charge in [0, 0.05) is 11.7 Å². The molecule has 1 saturated carbocycles. The molecule has 19 heavy (non-hydrogen) atoms. The van der Waals surface area contributed by atoms with Crippen molar-refractivity contribution in [1.29, 1.82) is 0 Å². The zero-order valence-corrected chi connectivity index (χ0v) is 11.1. The smallest absolute Gasteiger partial charge is 0.254 e. The van der Waals surface area contributed by atoms with Crippen molar-refractivity contribution in [2.75, 3.05) is 5.73 Å². The number of amides is 1. The summed E-state index contributed by atoms with van der Waals surface area (Å²) in [7, 11) is 0. The summed E-state index contributed by atoms with van der Waals surface area (Å²) in [6, 6.07) is 4.26. The number of nitrogens with one attached hydrogen (secondary N) is 1. The highest BCUT2D eigenvalue weighted by Gasteiger charge is 2.17. The van der Waals surface area contributed by atoms with Gasteiger partial charge in [0.2, 0.25) is 0 Å². The molecule has 1 aromatic carbocycles. The van der Waals surface area contributed by atoms with Gasteiger partial charge in [-0.3, -0.25) is 4.79 Å². The Morgan fingerprint density at radius 3 is 2.47 bits per heavy atom. The third kappa shape index (κ3) is 3.94. The summed E-state index contributed by atoms with van der Waals surface area (Å²) < 4.78 is 13.6. The molecule has 2 rings (SSSR count). The predicted molar refractivity (Wildman–Crippen MR) is 74.4 cm³/mol. The van der Waals surface area contributed by atoms with E-state index in [9.17, 15) is 9.18 Å². The molecule has 1 amide bonds. The van der Waals surface area contributed by atoms with Crippen molar-refractivity contribution in [2.45, 2.75) is 51.0 Å². The second-order valence-electron chi connectivity index (χ2n) is 5.25. The van der Waals surface area contributed by atoms with Crippen LogP contribution in [0.4, 0.5) is 10.1 Å². The Labute approximate surface area is 113 Å². The number of carbonyl (C=O) groups is 1. The SMILES string of the molecule is Nc1ccc(F)c(C(=O)NC2CCCCCCC2)c1. The van der Waals surface area contributed by atoms with Gasteiger partial charge in [-0.1, -0.05) is 32.1 Å². The van der Waals surface area contributed by atoms with Crippen molar-refractivity contribution in [3.8, 4) is 0 Å². The van der Waals surface area contributed by atoms with Crippen LogP contribution in [0.2, 0.25) is 0 Å². The maximum absolute atomic E-state index is 13.6. The molecule has 0 atom stereocenters. The average Bonchev–Trinajstić information content (AvgIpc) is 2.35. The molecule has 0 unspecified atom stereocenters. The van der Waals surface area contributed by atoms with Crippen LogP contribution < -0.4 is 11.1 Å². The minimum Gasteiger partial charge on any atom is -0.399 e. The number of halogens is 1. The molecule has 3 nitrogen and oxygen atoms in total. The fourth-order valence-electron chi connectivity index (χ4n) is 2.58. The molecular formula is C15H21FN2O. The molecule has 1 fully saturated rings. The number of rotatable bonds is 2. The Hall–Kier alpha value is -1.58. The Bertz CT molecular complexity index is 440. The topological polar surface area (TPSA) is 55.1 Å². The number of carbonyl (C=O) groups excluding carboxylic acids is 1. The number of benzene rings is 1. The highest BCUT2D eigenvalue weighted by Crippen LogP contribution is 2.18. The van der Waals surface area contributed by atoms with Crippen LogP contribution in [-0.2, 0) is 0 Å². The number of nitrogen functional groups attached to an aromatic ring is 1. The van der Waals surface area contributed by atoms with E-state index in [-0.39, 0.29) is 17.5 Å². The van der Waals surface area contributed by atoms with Crippen molar-refractivity contribution in [2.24, 2.45) is 0 Å². The summed E-state index contributed by atoms with van der Waals surface area (Å²) in [6.45, 7) is 0. The molecule has 4 heteroatoms. The van der Waals surface area contributed by atoms with Crippen LogP contribution >= 0.6 is 0 Å². The van der Waals surface area contributed by atoms with E-state index < -0.39 is 5.82 Å². The van der Waals surface area contributed by atoms with Gasteiger partial charge in [-0.2, -0.15) is 0 Å². The van der Waals surface area contributed by atoms with Crippen molar-refractivity contribution >= 4 is 11.6 Å². The Morgan fingerprint density at radius 1 is 1.16 bits per heavy atom. The number of nitrogens with two attached hydrogens (primary N) is 1. The first-order valence-electron chi connectivity index (χ1n) is 7.02. The van der Waals surface area contributed by atoms with E-state index in [0.29, 0.717) is 5.69 Å². The second kappa shape index (κ2) is 6.55. The summed E-state index contributed by atoms with van der Waals surface area (Å²) in [5, 5.41) is 2.94. The number of hydrogen-bond donors (Lipinski definition) is 2. The molecule has 0 aliphatic heterocycles. The summed E-state index contributed by atoms with van der Waals surface area (Å²) in [6.07, 6.45) is 7.95. The third-order valence-corrected chi connectivity index (χ3v) is 3.68. The zero-order valence-electron chi connectivity index (χ0n) is 11.1. The van der Waals surface area contributed by atoms with Gasteiger partial charge in [-0.15, -0.1) is 0 Å². The van der Waals surface area contributed by atoms with E-state index in [1.165, 1.54) is 37.5 Å². The summed E-state index contributed by atoms with van der Waals surface area (Å²) >= 11 is 0. The Kier molecular flexibility index (Phi) is 4.77. The quantitative estimate of drug-likeness (QED) is 0.806. The first-order valence-corrected chi connectivity index (χ1v) is 7.02. The minimum atomic E-state index is -0.516. The molecule has 0 spiro atoms. The van der Waals surface area contributed by atoms with Crippen LogP contribution in [0.3, 0.4) is 0 Å². The molecule has 0 radical (unpaired) electrons. The molecule has 0 heterocycles. The molecule has 104 valence electrons. The van der Waals surface area contributed by atoms with Crippen LogP contribution in [-0.4, -0.2) is 11.9 Å². The van der Waals surface area contributed by atoms with Gasteiger partial charge in [0.1, 0.15) is 5.82 Å². The Morgan fingerprint density at radius 2 is 1.79 bits per heavy atom. The van der Waals surface area contributed by atoms with Crippen molar-refractivity contribution in [3.63, 3.8) is 0 Å². The lowest BCUT2D eigenvalue weighted by atomic mass is 9.96. The highest BCUT2D eigenvalue weighted by atomic mass is 19.1. The largest absolute Gasteiger partial charge is 0.399 e. The van der Waals surface area contributed by atoms with E-state index in [2.05, 4.69) is 5.32 Å². The summed E-state index contributed by atoms with van der Waals surface area (Å²) in [5.41, 5.74) is 6.05. The van der Waals surface area contributed by atoms with Gasteiger partial charge >= 0.3 is 0 Å². The van der Waals surface area contributed by atoms with E-state index >= 15 is 0 Å². The first-order chi connectivity index (χ1) is 9.16. The van der Waals surface area contributed by atoms with Crippen LogP contribution in [0.15, 0.2) is 18.2 Å². The highest BCUT2D eigenvalue weighted by molar-refractivity contribution is 5.95. The van der Waals surface area contributed by atoms with Gasteiger partial charge in [0.05, 0.1) is 5.56 Å². The molecule has 3 N–H and O–H groups in total.